The second-order valence-electron chi connectivity index (χ2n) is 6.22. The van der Waals surface area contributed by atoms with Gasteiger partial charge in [-0.2, -0.15) is 24.3 Å². The molecular formula is C24H26Cl2HfO4-2. The van der Waals surface area contributed by atoms with E-state index in [1.165, 1.54) is 0 Å². The van der Waals surface area contributed by atoms with Gasteiger partial charge in [-0.15, -0.1) is 22.9 Å². The first kappa shape index (κ1) is 25.4. The van der Waals surface area contributed by atoms with Crippen molar-refractivity contribution in [1.29, 1.82) is 0 Å². The maximum absolute atomic E-state index is 5.39. The van der Waals surface area contributed by atoms with Gasteiger partial charge in [0.15, 0.2) is 0 Å². The standard InChI is InChI=1S/2C11H11O2.C2H4.2ClH.Hf/c2*1-12-10-6-7-11(13-2)9-5-3-4-8(9)10;1-2;;;/h2*3-7H,1-2H3;1H,2H3;2*1H;/q2*-1;;;;+2/p-2. The first-order valence-corrected chi connectivity index (χ1v) is 20.5. The summed E-state index contributed by atoms with van der Waals surface area (Å²) in [5.41, 5.74) is 0. The molecule has 0 heterocycles. The molecule has 4 aromatic carbocycles. The number of ether oxygens (including phenoxy) is 4. The molecule has 0 bridgehead atoms. The minimum atomic E-state index is -1.88. The quantitative estimate of drug-likeness (QED) is 0.183. The Kier molecular flexibility index (Phi) is 10.6. The summed E-state index contributed by atoms with van der Waals surface area (Å²) in [6.07, 6.45) is 0. The minimum absolute atomic E-state index is 0.890. The van der Waals surface area contributed by atoms with Gasteiger partial charge in [0.25, 0.3) is 0 Å². The number of hydrogen-bond acceptors (Lipinski definition) is 4. The second kappa shape index (κ2) is 12.9. The van der Waals surface area contributed by atoms with E-state index in [4.69, 9.17) is 36.1 Å². The molecular weight excluding hydrogens is 602 g/mol. The Hall–Kier alpha value is -1.82. The van der Waals surface area contributed by atoms with Gasteiger partial charge < -0.3 is 18.9 Å². The molecule has 0 aliphatic rings. The Morgan fingerprint density at radius 1 is 0.645 bits per heavy atom. The van der Waals surface area contributed by atoms with Crippen molar-refractivity contribution < 1.29 is 37.5 Å². The van der Waals surface area contributed by atoms with Crippen molar-refractivity contribution in [3.63, 3.8) is 0 Å². The fourth-order valence-electron chi connectivity index (χ4n) is 3.07. The third kappa shape index (κ3) is 6.58. The molecule has 0 spiro atoms. The third-order valence-corrected chi connectivity index (χ3v) is 9.70. The van der Waals surface area contributed by atoms with Crippen LogP contribution in [0.25, 0.3) is 21.5 Å². The molecule has 166 valence electrons. The van der Waals surface area contributed by atoms with Gasteiger partial charge in [-0.3, -0.25) is 0 Å². The SMILES string of the molecule is COc1ccc(OC)c2[cH-]ccc12.COc1ccc(OC)c2[cH-]ccc12.C[CH]=[Hf]([Cl])[Cl]. The van der Waals surface area contributed by atoms with Crippen molar-refractivity contribution in [3.8, 4) is 23.0 Å². The number of hydrogen-bond donors (Lipinski definition) is 0. The fraction of sp³-hybridized carbons (Fsp3) is 0.208. The zero-order valence-corrected chi connectivity index (χ0v) is 23.3. The molecule has 4 nitrogen and oxygen atoms in total. The van der Waals surface area contributed by atoms with Crippen LogP contribution < -0.4 is 18.9 Å². The molecule has 4 aromatic rings. The molecule has 0 radical (unpaired) electrons. The maximum atomic E-state index is 5.39. The monoisotopic (exact) mass is 628 g/mol. The molecule has 0 amide bonds. The topological polar surface area (TPSA) is 36.9 Å². The van der Waals surface area contributed by atoms with Crippen molar-refractivity contribution in [3.05, 3.63) is 60.7 Å². The molecule has 0 saturated heterocycles. The average molecular weight is 628 g/mol. The molecule has 0 fully saturated rings. The molecule has 0 aliphatic heterocycles. The van der Waals surface area contributed by atoms with E-state index in [0.717, 1.165) is 44.5 Å². The number of halogens is 2. The van der Waals surface area contributed by atoms with Gasteiger partial charge in [-0.25, -0.2) is 0 Å². The van der Waals surface area contributed by atoms with Crippen LogP contribution in [0.15, 0.2) is 60.7 Å². The summed E-state index contributed by atoms with van der Waals surface area (Å²) in [6.45, 7) is 1.90. The summed E-state index contributed by atoms with van der Waals surface area (Å²) in [5.74, 6) is 3.56. The Morgan fingerprint density at radius 3 is 1.26 bits per heavy atom. The van der Waals surface area contributed by atoms with Crippen molar-refractivity contribution in [2.75, 3.05) is 28.4 Å². The fourth-order valence-corrected chi connectivity index (χ4v) is 3.07. The van der Waals surface area contributed by atoms with Gasteiger partial charge in [-0.05, 0) is 12.1 Å². The van der Waals surface area contributed by atoms with Gasteiger partial charge in [0.2, 0.25) is 0 Å². The first-order chi connectivity index (χ1) is 15.0. The van der Waals surface area contributed by atoms with Gasteiger partial charge in [-0.1, -0.05) is 22.9 Å². The van der Waals surface area contributed by atoms with Gasteiger partial charge >= 0.3 is 46.4 Å². The predicted molar refractivity (Wildman–Crippen MR) is 129 cm³/mol. The van der Waals surface area contributed by atoms with Crippen LogP contribution in [0, 0.1) is 0 Å². The molecule has 0 saturated carbocycles. The van der Waals surface area contributed by atoms with Gasteiger partial charge in [0, 0.05) is 11.5 Å². The van der Waals surface area contributed by atoms with Crippen molar-refractivity contribution in [2.24, 2.45) is 0 Å². The number of rotatable bonds is 4. The second-order valence-corrected chi connectivity index (χ2v) is 18.6. The van der Waals surface area contributed by atoms with Crippen LogP contribution in [0.4, 0.5) is 0 Å². The summed E-state index contributed by atoms with van der Waals surface area (Å²) in [5, 5.41) is 4.40. The van der Waals surface area contributed by atoms with Crippen LogP contribution in [0.2, 0.25) is 0 Å². The van der Waals surface area contributed by atoms with Crippen molar-refractivity contribution in [2.45, 2.75) is 6.92 Å². The van der Waals surface area contributed by atoms with E-state index < -0.39 is 18.6 Å². The molecule has 0 aromatic heterocycles. The summed E-state index contributed by atoms with van der Waals surface area (Å²) in [6, 6.07) is 19.8. The molecule has 7 heteroatoms. The summed E-state index contributed by atoms with van der Waals surface area (Å²) in [7, 11) is 17.5. The molecule has 0 unspecified atom stereocenters. The molecule has 0 N–H and O–H groups in total. The van der Waals surface area contributed by atoms with E-state index in [0.29, 0.717) is 0 Å². The summed E-state index contributed by atoms with van der Waals surface area (Å²) in [4.78, 5) is 0. The zero-order chi connectivity index (χ0) is 22.8. The van der Waals surface area contributed by atoms with Gasteiger partial charge in [0.05, 0.1) is 39.9 Å². The van der Waals surface area contributed by atoms with Crippen molar-refractivity contribution >= 4 is 42.5 Å². The Labute approximate surface area is 198 Å². The van der Waals surface area contributed by atoms with E-state index >= 15 is 0 Å². The van der Waals surface area contributed by atoms with Crippen LogP contribution in [-0.2, 0) is 18.6 Å². The Balaban J connectivity index is 0.000000182. The van der Waals surface area contributed by atoms with Crippen LogP contribution in [0.3, 0.4) is 0 Å². The first-order valence-electron chi connectivity index (χ1n) is 9.50. The van der Waals surface area contributed by atoms with E-state index in [9.17, 15) is 0 Å². The summed E-state index contributed by atoms with van der Waals surface area (Å²) >= 11 is -1.88. The molecule has 0 aliphatic carbocycles. The molecule has 4 rings (SSSR count). The zero-order valence-electron chi connectivity index (χ0n) is 18.2. The predicted octanol–water partition coefficient (Wildman–Crippen LogP) is 6.89. The number of methoxy groups -OCH3 is 4. The average Bonchev–Trinajstić information content (AvgIpc) is 3.48. The van der Waals surface area contributed by atoms with E-state index in [1.54, 1.807) is 28.4 Å². The van der Waals surface area contributed by atoms with Gasteiger partial charge in [0.1, 0.15) is 0 Å². The number of fused-ring (bicyclic) bond motifs is 2. The van der Waals surface area contributed by atoms with E-state index in [2.05, 4.69) is 0 Å². The third-order valence-electron chi connectivity index (χ3n) is 4.56. The van der Waals surface area contributed by atoms with Crippen LogP contribution in [-0.4, -0.2) is 32.2 Å². The van der Waals surface area contributed by atoms with Crippen LogP contribution in [0.5, 0.6) is 23.0 Å². The number of benzene rings is 2. The van der Waals surface area contributed by atoms with Crippen molar-refractivity contribution in [1.82, 2.24) is 0 Å². The van der Waals surface area contributed by atoms with E-state index in [-0.39, 0.29) is 0 Å². The summed E-state index contributed by atoms with van der Waals surface area (Å²) < 4.78 is 22.8. The molecule has 0 atom stereocenters. The normalized spacial score (nSPS) is 9.77. The van der Waals surface area contributed by atoms with E-state index in [1.807, 2.05) is 71.3 Å². The van der Waals surface area contributed by atoms with Crippen LogP contribution in [0.1, 0.15) is 6.92 Å². The Morgan fingerprint density at radius 2 is 0.968 bits per heavy atom. The Bertz CT molecular complexity index is 969. The molecule has 31 heavy (non-hydrogen) atoms. The van der Waals surface area contributed by atoms with Crippen LogP contribution >= 0.6 is 17.2 Å².